The number of nitrogens with zero attached hydrogens (tertiary/aromatic N) is 1. The number of likely N-dealkylation sites (tertiary alicyclic amines) is 1. The molecule has 1 aromatic carbocycles. The van der Waals surface area contributed by atoms with E-state index in [-0.39, 0.29) is 24.8 Å². The minimum absolute atomic E-state index is 0.0604. The van der Waals surface area contributed by atoms with Gasteiger partial charge in [0.25, 0.3) is 5.91 Å². The lowest BCUT2D eigenvalue weighted by Gasteiger charge is -2.34. The fourth-order valence-corrected chi connectivity index (χ4v) is 2.90. The van der Waals surface area contributed by atoms with Crippen LogP contribution in [-0.4, -0.2) is 48.2 Å². The number of carbonyl (C=O) groups is 1. The highest BCUT2D eigenvalue weighted by molar-refractivity contribution is 5.95. The van der Waals surface area contributed by atoms with E-state index in [4.69, 9.17) is 0 Å². The fraction of sp³-hybridized carbons (Fsp3) is 0.562. The van der Waals surface area contributed by atoms with Crippen molar-refractivity contribution in [3.05, 3.63) is 35.4 Å². The summed E-state index contributed by atoms with van der Waals surface area (Å²) in [5.41, 5.74) is -1.29. The molecule has 1 aliphatic heterocycles. The summed E-state index contributed by atoms with van der Waals surface area (Å²) >= 11 is 0. The molecule has 0 saturated carbocycles. The van der Waals surface area contributed by atoms with Gasteiger partial charge in [0, 0.05) is 19.1 Å². The maximum Gasteiger partial charge on any atom is 0.417 e. The van der Waals surface area contributed by atoms with E-state index in [1.165, 1.54) is 18.2 Å². The van der Waals surface area contributed by atoms with E-state index in [0.29, 0.717) is 6.54 Å². The number of piperidine rings is 1. The number of hydrogen-bond donors (Lipinski definition) is 2. The summed E-state index contributed by atoms with van der Waals surface area (Å²) in [6.45, 7) is 1.66. The van der Waals surface area contributed by atoms with Crippen molar-refractivity contribution in [3.63, 3.8) is 0 Å². The number of rotatable bonds is 5. The second kappa shape index (κ2) is 7.79. The first-order valence-electron chi connectivity index (χ1n) is 7.73. The van der Waals surface area contributed by atoms with Crippen LogP contribution in [0.1, 0.15) is 35.2 Å². The van der Waals surface area contributed by atoms with Gasteiger partial charge >= 0.3 is 6.18 Å². The number of amides is 1. The van der Waals surface area contributed by atoms with Crippen molar-refractivity contribution in [1.29, 1.82) is 0 Å². The summed E-state index contributed by atoms with van der Waals surface area (Å²) in [4.78, 5) is 14.1. The Morgan fingerprint density at radius 1 is 1.30 bits per heavy atom. The van der Waals surface area contributed by atoms with Gasteiger partial charge in [0.05, 0.1) is 17.7 Å². The molecule has 1 saturated heterocycles. The molecule has 1 aromatic rings. The van der Waals surface area contributed by atoms with Crippen LogP contribution in [0.2, 0.25) is 0 Å². The summed E-state index contributed by atoms with van der Waals surface area (Å²) in [7, 11) is 0. The van der Waals surface area contributed by atoms with Gasteiger partial charge in [0.15, 0.2) is 0 Å². The van der Waals surface area contributed by atoms with Gasteiger partial charge in [-0.15, -0.1) is 0 Å². The molecule has 1 amide bonds. The molecule has 23 heavy (non-hydrogen) atoms. The lowest BCUT2D eigenvalue weighted by molar-refractivity contribution is -0.137. The third-order valence-corrected chi connectivity index (χ3v) is 4.12. The van der Waals surface area contributed by atoms with Crippen molar-refractivity contribution in [2.24, 2.45) is 0 Å². The minimum Gasteiger partial charge on any atom is -0.395 e. The molecular formula is C16H21F3N2O2. The van der Waals surface area contributed by atoms with Crippen LogP contribution in [-0.2, 0) is 6.18 Å². The van der Waals surface area contributed by atoms with E-state index in [2.05, 4.69) is 10.2 Å². The highest BCUT2D eigenvalue weighted by atomic mass is 19.4. The van der Waals surface area contributed by atoms with Gasteiger partial charge in [-0.25, -0.2) is 0 Å². The van der Waals surface area contributed by atoms with Gasteiger partial charge < -0.3 is 10.4 Å². The van der Waals surface area contributed by atoms with E-state index in [1.54, 1.807) is 0 Å². The topological polar surface area (TPSA) is 52.6 Å². The number of benzene rings is 1. The SMILES string of the molecule is O=C(NCCN1CCCCC1CO)c1ccccc1C(F)(F)F. The third kappa shape index (κ3) is 4.68. The van der Waals surface area contributed by atoms with Crippen molar-refractivity contribution in [1.82, 2.24) is 10.2 Å². The predicted molar refractivity (Wildman–Crippen MR) is 80.1 cm³/mol. The Morgan fingerprint density at radius 3 is 2.74 bits per heavy atom. The molecule has 0 bridgehead atoms. The van der Waals surface area contributed by atoms with E-state index in [9.17, 15) is 23.1 Å². The Hall–Kier alpha value is -1.60. The second-order valence-corrected chi connectivity index (χ2v) is 5.67. The molecule has 1 aliphatic rings. The van der Waals surface area contributed by atoms with Crippen LogP contribution in [0, 0.1) is 0 Å². The van der Waals surface area contributed by atoms with Crippen LogP contribution in [0.4, 0.5) is 13.2 Å². The zero-order chi connectivity index (χ0) is 16.9. The van der Waals surface area contributed by atoms with Crippen LogP contribution in [0.15, 0.2) is 24.3 Å². The van der Waals surface area contributed by atoms with E-state index in [0.717, 1.165) is 31.9 Å². The average Bonchev–Trinajstić information content (AvgIpc) is 2.54. The zero-order valence-electron chi connectivity index (χ0n) is 12.8. The molecule has 1 atom stereocenters. The molecule has 0 aliphatic carbocycles. The first-order valence-corrected chi connectivity index (χ1v) is 7.73. The number of aliphatic hydroxyl groups is 1. The molecule has 1 fully saturated rings. The van der Waals surface area contributed by atoms with Crippen LogP contribution < -0.4 is 5.32 Å². The predicted octanol–water partition coefficient (Wildman–Crippen LogP) is 2.28. The van der Waals surface area contributed by atoms with E-state index >= 15 is 0 Å². The normalized spacial score (nSPS) is 19.6. The Bertz CT molecular complexity index is 534. The first kappa shape index (κ1) is 17.7. The minimum atomic E-state index is -4.55. The van der Waals surface area contributed by atoms with E-state index in [1.807, 2.05) is 0 Å². The van der Waals surface area contributed by atoms with Crippen molar-refractivity contribution in [2.45, 2.75) is 31.5 Å². The number of aliphatic hydroxyl groups excluding tert-OH is 1. The summed E-state index contributed by atoms with van der Waals surface area (Å²) < 4.78 is 38.7. The number of halogens is 3. The van der Waals surface area contributed by atoms with Crippen molar-refractivity contribution in [3.8, 4) is 0 Å². The molecule has 2 N–H and O–H groups in total. The quantitative estimate of drug-likeness (QED) is 0.871. The largest absolute Gasteiger partial charge is 0.417 e. The summed E-state index contributed by atoms with van der Waals surface area (Å²) in [6, 6.07) is 4.83. The van der Waals surface area contributed by atoms with Gasteiger partial charge in [-0.2, -0.15) is 13.2 Å². The number of carbonyl (C=O) groups excluding carboxylic acids is 1. The maximum absolute atomic E-state index is 12.9. The van der Waals surface area contributed by atoms with Gasteiger partial charge in [-0.3, -0.25) is 9.69 Å². The van der Waals surface area contributed by atoms with Gasteiger partial charge in [-0.05, 0) is 31.5 Å². The molecule has 0 spiro atoms. The summed E-state index contributed by atoms with van der Waals surface area (Å²) in [5, 5.41) is 11.9. The molecular weight excluding hydrogens is 309 g/mol. The van der Waals surface area contributed by atoms with Gasteiger partial charge in [-0.1, -0.05) is 18.6 Å². The first-order chi connectivity index (χ1) is 10.9. The molecule has 128 valence electrons. The number of hydrogen-bond acceptors (Lipinski definition) is 3. The standard InChI is InChI=1S/C16H21F3N2O2/c17-16(18,19)14-7-2-1-6-13(14)15(23)20-8-10-21-9-4-3-5-12(21)11-22/h1-2,6-7,12,22H,3-5,8-11H2,(H,20,23). The van der Waals surface area contributed by atoms with Crippen molar-refractivity contribution < 1.29 is 23.1 Å². The second-order valence-electron chi connectivity index (χ2n) is 5.67. The highest BCUT2D eigenvalue weighted by Crippen LogP contribution is 2.31. The van der Waals surface area contributed by atoms with E-state index < -0.39 is 17.6 Å². The fourth-order valence-electron chi connectivity index (χ4n) is 2.90. The Balaban J connectivity index is 1.93. The molecule has 4 nitrogen and oxygen atoms in total. The van der Waals surface area contributed by atoms with Crippen LogP contribution in [0.25, 0.3) is 0 Å². The summed E-state index contributed by atoms with van der Waals surface area (Å²) in [5.74, 6) is -0.726. The molecule has 1 unspecified atom stereocenters. The van der Waals surface area contributed by atoms with Gasteiger partial charge in [0.2, 0.25) is 0 Å². The number of nitrogens with one attached hydrogen (secondary N) is 1. The molecule has 0 aromatic heterocycles. The third-order valence-electron chi connectivity index (χ3n) is 4.12. The molecule has 7 heteroatoms. The Morgan fingerprint density at radius 2 is 2.04 bits per heavy atom. The smallest absolute Gasteiger partial charge is 0.395 e. The van der Waals surface area contributed by atoms with Crippen LogP contribution >= 0.6 is 0 Å². The molecule has 2 rings (SSSR count). The highest BCUT2D eigenvalue weighted by Gasteiger charge is 2.34. The van der Waals surface area contributed by atoms with Crippen LogP contribution in [0.3, 0.4) is 0 Å². The lowest BCUT2D eigenvalue weighted by Crippen LogP contribution is -2.45. The van der Waals surface area contributed by atoms with Gasteiger partial charge in [0.1, 0.15) is 0 Å². The molecule has 1 heterocycles. The monoisotopic (exact) mass is 330 g/mol. The summed E-state index contributed by atoms with van der Waals surface area (Å²) in [6.07, 6.45) is -1.56. The molecule has 0 radical (unpaired) electrons. The Labute approximate surface area is 133 Å². The van der Waals surface area contributed by atoms with Crippen molar-refractivity contribution in [2.75, 3.05) is 26.2 Å². The van der Waals surface area contributed by atoms with Crippen LogP contribution in [0.5, 0.6) is 0 Å². The maximum atomic E-state index is 12.9. The van der Waals surface area contributed by atoms with Crippen molar-refractivity contribution >= 4 is 5.91 Å². The Kier molecular flexibility index (Phi) is 6.01. The lowest BCUT2D eigenvalue weighted by atomic mass is 10.0. The average molecular weight is 330 g/mol. The zero-order valence-corrected chi connectivity index (χ0v) is 12.8. The number of alkyl halides is 3.